The molecule has 2 unspecified atom stereocenters. The van der Waals surface area contributed by atoms with Gasteiger partial charge in [-0.05, 0) is 39.7 Å². The Kier molecular flexibility index (Phi) is 4.17. The highest BCUT2D eigenvalue weighted by atomic mass is 16.3. The fourth-order valence-corrected chi connectivity index (χ4v) is 2.55. The van der Waals surface area contributed by atoms with Crippen LogP contribution < -0.4 is 11.3 Å². The molecule has 2 atom stereocenters. The van der Waals surface area contributed by atoms with Gasteiger partial charge in [-0.15, -0.1) is 0 Å². The highest BCUT2D eigenvalue weighted by Gasteiger charge is 2.29. The summed E-state index contributed by atoms with van der Waals surface area (Å²) >= 11 is 0. The first kappa shape index (κ1) is 12.6. The zero-order valence-corrected chi connectivity index (χ0v) is 10.6. The van der Waals surface area contributed by atoms with Crippen LogP contribution in [-0.4, -0.2) is 49.6 Å². The Morgan fingerprint density at radius 3 is 2.94 bits per heavy atom. The minimum absolute atomic E-state index is 0.110. The van der Waals surface area contributed by atoms with Gasteiger partial charge in [0.25, 0.3) is 0 Å². The number of hydrazine groups is 1. The molecule has 1 aromatic heterocycles. The standard InChI is InChI=1S/C12H22N4O/c1-15-5-3-6-16(2)11(8-15)12(14-13)10-4-7-17-9-10/h4,7,9,11-12,14H,3,5-6,8,13H2,1-2H3. The zero-order valence-electron chi connectivity index (χ0n) is 10.6. The van der Waals surface area contributed by atoms with Crippen LogP contribution in [0.5, 0.6) is 0 Å². The molecule has 1 aliphatic heterocycles. The van der Waals surface area contributed by atoms with Gasteiger partial charge in [0.05, 0.1) is 18.6 Å². The molecule has 1 aromatic rings. The predicted octanol–water partition coefficient (Wildman–Crippen LogP) is 0.420. The zero-order chi connectivity index (χ0) is 12.3. The van der Waals surface area contributed by atoms with Gasteiger partial charge in [0, 0.05) is 18.2 Å². The molecule has 0 amide bonds. The van der Waals surface area contributed by atoms with Crippen molar-refractivity contribution in [2.45, 2.75) is 18.5 Å². The average molecular weight is 238 g/mol. The van der Waals surface area contributed by atoms with Crippen molar-refractivity contribution in [2.75, 3.05) is 33.7 Å². The molecule has 5 nitrogen and oxygen atoms in total. The van der Waals surface area contributed by atoms with E-state index < -0.39 is 0 Å². The summed E-state index contributed by atoms with van der Waals surface area (Å²) in [5.74, 6) is 5.72. The molecule has 0 saturated carbocycles. The minimum atomic E-state index is 0.110. The lowest BCUT2D eigenvalue weighted by Crippen LogP contribution is -2.48. The molecule has 0 bridgehead atoms. The third kappa shape index (κ3) is 2.87. The fraction of sp³-hybridized carbons (Fsp3) is 0.667. The van der Waals surface area contributed by atoms with Crippen LogP contribution in [0.1, 0.15) is 18.0 Å². The van der Waals surface area contributed by atoms with E-state index in [1.54, 1.807) is 12.5 Å². The molecule has 0 radical (unpaired) electrons. The molecule has 96 valence electrons. The molecule has 3 N–H and O–H groups in total. The third-order valence-electron chi connectivity index (χ3n) is 3.58. The Morgan fingerprint density at radius 2 is 2.29 bits per heavy atom. The van der Waals surface area contributed by atoms with Crippen LogP contribution in [0.2, 0.25) is 0 Å². The monoisotopic (exact) mass is 238 g/mol. The first-order valence-electron chi connectivity index (χ1n) is 6.09. The SMILES string of the molecule is CN1CCCN(C)C(C(NN)c2ccoc2)C1. The summed E-state index contributed by atoms with van der Waals surface area (Å²) in [6.07, 6.45) is 4.66. The maximum absolute atomic E-state index is 5.72. The smallest absolute Gasteiger partial charge is 0.0951 e. The van der Waals surface area contributed by atoms with Crippen molar-refractivity contribution in [3.63, 3.8) is 0 Å². The van der Waals surface area contributed by atoms with Crippen molar-refractivity contribution in [1.82, 2.24) is 15.2 Å². The molecule has 1 saturated heterocycles. The lowest BCUT2D eigenvalue weighted by molar-refractivity contribution is 0.178. The van der Waals surface area contributed by atoms with Crippen LogP contribution in [0.4, 0.5) is 0 Å². The highest BCUT2D eigenvalue weighted by Crippen LogP contribution is 2.22. The van der Waals surface area contributed by atoms with Crippen molar-refractivity contribution >= 4 is 0 Å². The Labute approximate surface area is 103 Å². The molecule has 2 rings (SSSR count). The maximum atomic E-state index is 5.72. The Hall–Kier alpha value is -0.880. The van der Waals surface area contributed by atoms with Gasteiger partial charge in [-0.25, -0.2) is 0 Å². The van der Waals surface area contributed by atoms with Gasteiger partial charge in [0.1, 0.15) is 0 Å². The number of nitrogens with one attached hydrogen (secondary N) is 1. The summed E-state index contributed by atoms with van der Waals surface area (Å²) in [4.78, 5) is 4.74. The second-order valence-electron chi connectivity index (χ2n) is 4.86. The molecule has 17 heavy (non-hydrogen) atoms. The Morgan fingerprint density at radius 1 is 1.47 bits per heavy atom. The maximum Gasteiger partial charge on any atom is 0.0951 e. The van der Waals surface area contributed by atoms with Gasteiger partial charge in [-0.1, -0.05) is 0 Å². The van der Waals surface area contributed by atoms with Crippen LogP contribution in [0.25, 0.3) is 0 Å². The van der Waals surface area contributed by atoms with Crippen LogP contribution in [0.15, 0.2) is 23.0 Å². The van der Waals surface area contributed by atoms with E-state index in [4.69, 9.17) is 10.3 Å². The number of hydrogen-bond acceptors (Lipinski definition) is 5. The molecule has 1 aliphatic rings. The third-order valence-corrected chi connectivity index (χ3v) is 3.58. The lowest BCUT2D eigenvalue weighted by Gasteiger charge is -2.33. The molecular formula is C12H22N4O. The minimum Gasteiger partial charge on any atom is -0.472 e. The summed E-state index contributed by atoms with van der Waals surface area (Å²) in [7, 11) is 4.32. The largest absolute Gasteiger partial charge is 0.472 e. The van der Waals surface area contributed by atoms with E-state index >= 15 is 0 Å². The van der Waals surface area contributed by atoms with Gasteiger partial charge in [0.2, 0.25) is 0 Å². The van der Waals surface area contributed by atoms with E-state index in [1.165, 1.54) is 6.42 Å². The van der Waals surface area contributed by atoms with Crippen LogP contribution >= 0.6 is 0 Å². The van der Waals surface area contributed by atoms with E-state index in [0.717, 1.165) is 25.2 Å². The summed E-state index contributed by atoms with van der Waals surface area (Å²) in [6.45, 7) is 3.26. The summed E-state index contributed by atoms with van der Waals surface area (Å²) < 4.78 is 5.15. The fourth-order valence-electron chi connectivity index (χ4n) is 2.55. The number of furan rings is 1. The van der Waals surface area contributed by atoms with E-state index in [-0.39, 0.29) is 6.04 Å². The van der Waals surface area contributed by atoms with Crippen LogP contribution in [-0.2, 0) is 0 Å². The highest BCUT2D eigenvalue weighted by molar-refractivity contribution is 5.14. The predicted molar refractivity (Wildman–Crippen MR) is 67.3 cm³/mol. The summed E-state index contributed by atoms with van der Waals surface area (Å²) in [5.41, 5.74) is 4.04. The summed E-state index contributed by atoms with van der Waals surface area (Å²) in [6, 6.07) is 2.45. The van der Waals surface area contributed by atoms with E-state index in [9.17, 15) is 0 Å². The number of likely N-dealkylation sites (N-methyl/N-ethyl adjacent to an activating group) is 2. The molecular weight excluding hydrogens is 216 g/mol. The van der Waals surface area contributed by atoms with E-state index in [1.807, 2.05) is 6.07 Å². The average Bonchev–Trinajstić information content (AvgIpc) is 2.76. The quantitative estimate of drug-likeness (QED) is 0.590. The van der Waals surface area contributed by atoms with E-state index in [2.05, 4.69) is 29.3 Å². The van der Waals surface area contributed by atoms with Crippen molar-refractivity contribution in [3.8, 4) is 0 Å². The van der Waals surface area contributed by atoms with Crippen LogP contribution in [0.3, 0.4) is 0 Å². The molecule has 2 heterocycles. The van der Waals surface area contributed by atoms with Gasteiger partial charge >= 0.3 is 0 Å². The molecule has 0 aromatic carbocycles. The topological polar surface area (TPSA) is 57.7 Å². The molecule has 0 aliphatic carbocycles. The van der Waals surface area contributed by atoms with Gasteiger partial charge in [-0.2, -0.15) is 0 Å². The number of rotatable bonds is 3. The molecule has 0 spiro atoms. The number of nitrogens with zero attached hydrogens (tertiary/aromatic N) is 2. The second-order valence-corrected chi connectivity index (χ2v) is 4.86. The van der Waals surface area contributed by atoms with E-state index in [0.29, 0.717) is 6.04 Å². The normalized spacial score (nSPS) is 25.7. The van der Waals surface area contributed by atoms with Crippen molar-refractivity contribution in [3.05, 3.63) is 24.2 Å². The second kappa shape index (κ2) is 5.64. The van der Waals surface area contributed by atoms with Crippen molar-refractivity contribution in [2.24, 2.45) is 5.84 Å². The molecule has 5 heteroatoms. The van der Waals surface area contributed by atoms with Gasteiger partial charge in [0.15, 0.2) is 0 Å². The Balaban J connectivity index is 2.16. The number of hydrogen-bond donors (Lipinski definition) is 2. The number of nitrogens with two attached hydrogens (primary N) is 1. The lowest BCUT2D eigenvalue weighted by atomic mass is 10.0. The first-order valence-corrected chi connectivity index (χ1v) is 6.09. The first-order chi connectivity index (χ1) is 8.22. The van der Waals surface area contributed by atoms with Crippen molar-refractivity contribution < 1.29 is 4.42 Å². The summed E-state index contributed by atoms with van der Waals surface area (Å²) in [5, 5.41) is 0. The van der Waals surface area contributed by atoms with Gasteiger partial charge in [-0.3, -0.25) is 11.3 Å². The van der Waals surface area contributed by atoms with Crippen LogP contribution in [0, 0.1) is 0 Å². The van der Waals surface area contributed by atoms with Crippen molar-refractivity contribution in [1.29, 1.82) is 0 Å². The van der Waals surface area contributed by atoms with Gasteiger partial charge < -0.3 is 14.2 Å². The Bertz CT molecular complexity index is 327. The molecule has 1 fully saturated rings.